The standard InChI is InChI=1S/C10H15N3O/c11-8-4-3-7(5-8)10-12-9(13-14-10)6-1-2-6/h6-8H,1-5,11H2. The molecular weight excluding hydrogens is 178 g/mol. The van der Waals surface area contributed by atoms with Crippen LogP contribution in [0.2, 0.25) is 0 Å². The van der Waals surface area contributed by atoms with Crippen molar-refractivity contribution in [2.75, 3.05) is 0 Å². The van der Waals surface area contributed by atoms with Crippen LogP contribution in [0, 0.1) is 0 Å². The number of nitrogens with zero attached hydrogens (tertiary/aromatic N) is 2. The van der Waals surface area contributed by atoms with Crippen molar-refractivity contribution in [3.63, 3.8) is 0 Å². The monoisotopic (exact) mass is 193 g/mol. The van der Waals surface area contributed by atoms with E-state index < -0.39 is 0 Å². The zero-order valence-electron chi connectivity index (χ0n) is 8.15. The number of rotatable bonds is 2. The Labute approximate surface area is 82.9 Å². The van der Waals surface area contributed by atoms with Crippen molar-refractivity contribution in [2.45, 2.75) is 50.0 Å². The van der Waals surface area contributed by atoms with Crippen molar-refractivity contribution < 1.29 is 4.52 Å². The van der Waals surface area contributed by atoms with Gasteiger partial charge in [-0.25, -0.2) is 0 Å². The summed E-state index contributed by atoms with van der Waals surface area (Å²) in [4.78, 5) is 4.46. The van der Waals surface area contributed by atoms with Crippen LogP contribution >= 0.6 is 0 Å². The molecule has 2 fully saturated rings. The van der Waals surface area contributed by atoms with Crippen LogP contribution in [0.1, 0.15) is 55.7 Å². The minimum atomic E-state index is 0.330. The van der Waals surface area contributed by atoms with Crippen molar-refractivity contribution in [2.24, 2.45) is 5.73 Å². The van der Waals surface area contributed by atoms with Crippen molar-refractivity contribution in [3.8, 4) is 0 Å². The van der Waals surface area contributed by atoms with E-state index in [1.165, 1.54) is 12.8 Å². The molecule has 0 saturated heterocycles. The Morgan fingerprint density at radius 3 is 2.57 bits per heavy atom. The molecule has 4 heteroatoms. The topological polar surface area (TPSA) is 64.9 Å². The molecule has 1 aromatic heterocycles. The van der Waals surface area contributed by atoms with Crippen LogP contribution in [0.25, 0.3) is 0 Å². The first-order valence-corrected chi connectivity index (χ1v) is 5.42. The lowest BCUT2D eigenvalue weighted by atomic mass is 10.1. The zero-order valence-corrected chi connectivity index (χ0v) is 8.15. The van der Waals surface area contributed by atoms with Crippen LogP contribution in [0.5, 0.6) is 0 Å². The summed E-state index contributed by atoms with van der Waals surface area (Å²) in [5.41, 5.74) is 5.85. The van der Waals surface area contributed by atoms with Gasteiger partial charge in [0.25, 0.3) is 0 Å². The lowest BCUT2D eigenvalue weighted by Gasteiger charge is -2.01. The molecule has 2 unspecified atom stereocenters. The van der Waals surface area contributed by atoms with Gasteiger partial charge in [0.15, 0.2) is 5.82 Å². The number of nitrogens with two attached hydrogens (primary N) is 1. The minimum Gasteiger partial charge on any atom is -0.339 e. The minimum absolute atomic E-state index is 0.330. The highest BCUT2D eigenvalue weighted by Crippen LogP contribution is 2.40. The molecule has 2 N–H and O–H groups in total. The molecule has 0 spiro atoms. The van der Waals surface area contributed by atoms with Crippen molar-refractivity contribution in [3.05, 3.63) is 11.7 Å². The summed E-state index contributed by atoms with van der Waals surface area (Å²) in [5.74, 6) is 2.74. The van der Waals surface area contributed by atoms with Crippen LogP contribution in [-0.2, 0) is 0 Å². The average Bonchev–Trinajstić information content (AvgIpc) is 2.76. The van der Waals surface area contributed by atoms with E-state index in [4.69, 9.17) is 10.3 Å². The van der Waals surface area contributed by atoms with Gasteiger partial charge < -0.3 is 10.3 Å². The molecule has 0 aliphatic heterocycles. The van der Waals surface area contributed by atoms with Crippen LogP contribution in [0.15, 0.2) is 4.52 Å². The average molecular weight is 193 g/mol. The summed E-state index contributed by atoms with van der Waals surface area (Å²) < 4.78 is 5.28. The first kappa shape index (κ1) is 8.41. The molecule has 2 atom stereocenters. The Hall–Kier alpha value is -0.900. The van der Waals surface area contributed by atoms with E-state index in [1.807, 2.05) is 0 Å². The number of hydrogen-bond acceptors (Lipinski definition) is 4. The fourth-order valence-corrected chi connectivity index (χ4v) is 2.16. The molecule has 1 aromatic rings. The second-order valence-electron chi connectivity index (χ2n) is 4.54. The highest BCUT2D eigenvalue weighted by molar-refractivity contribution is 5.06. The Balaban J connectivity index is 1.75. The van der Waals surface area contributed by atoms with Gasteiger partial charge in [0.05, 0.1) is 0 Å². The summed E-state index contributed by atoms with van der Waals surface area (Å²) in [5, 5.41) is 4.02. The first-order valence-electron chi connectivity index (χ1n) is 5.42. The molecule has 0 amide bonds. The molecule has 2 saturated carbocycles. The second kappa shape index (κ2) is 3.05. The van der Waals surface area contributed by atoms with E-state index >= 15 is 0 Å². The first-order chi connectivity index (χ1) is 6.83. The molecule has 0 radical (unpaired) electrons. The van der Waals surface area contributed by atoms with Crippen molar-refractivity contribution >= 4 is 0 Å². The van der Waals surface area contributed by atoms with Gasteiger partial charge in [-0.05, 0) is 32.1 Å². The fraction of sp³-hybridized carbons (Fsp3) is 0.800. The Morgan fingerprint density at radius 2 is 1.93 bits per heavy atom. The predicted octanol–water partition coefficient (Wildman–Crippen LogP) is 1.54. The van der Waals surface area contributed by atoms with Gasteiger partial charge >= 0.3 is 0 Å². The zero-order chi connectivity index (χ0) is 9.54. The molecule has 0 aromatic carbocycles. The summed E-state index contributed by atoms with van der Waals surface area (Å²) >= 11 is 0. The Kier molecular flexibility index (Phi) is 1.83. The van der Waals surface area contributed by atoms with E-state index in [0.29, 0.717) is 17.9 Å². The van der Waals surface area contributed by atoms with Gasteiger partial charge in [0.2, 0.25) is 5.89 Å². The summed E-state index contributed by atoms with van der Waals surface area (Å²) in [6.07, 6.45) is 5.65. The summed E-state index contributed by atoms with van der Waals surface area (Å²) in [6, 6.07) is 0.330. The highest BCUT2D eigenvalue weighted by atomic mass is 16.5. The summed E-state index contributed by atoms with van der Waals surface area (Å²) in [7, 11) is 0. The second-order valence-corrected chi connectivity index (χ2v) is 4.54. The van der Waals surface area contributed by atoms with E-state index in [0.717, 1.165) is 31.0 Å². The lowest BCUT2D eigenvalue weighted by Crippen LogP contribution is -2.14. The predicted molar refractivity (Wildman–Crippen MR) is 50.8 cm³/mol. The van der Waals surface area contributed by atoms with Gasteiger partial charge in [-0.2, -0.15) is 4.98 Å². The molecule has 14 heavy (non-hydrogen) atoms. The van der Waals surface area contributed by atoms with Crippen molar-refractivity contribution in [1.29, 1.82) is 0 Å². The van der Waals surface area contributed by atoms with Crippen LogP contribution in [0.4, 0.5) is 0 Å². The third-order valence-corrected chi connectivity index (χ3v) is 3.22. The molecule has 4 nitrogen and oxygen atoms in total. The largest absolute Gasteiger partial charge is 0.339 e. The van der Waals surface area contributed by atoms with E-state index in [-0.39, 0.29) is 0 Å². The molecule has 1 heterocycles. The quantitative estimate of drug-likeness (QED) is 0.773. The third-order valence-electron chi connectivity index (χ3n) is 3.22. The third kappa shape index (κ3) is 1.43. The molecule has 2 aliphatic carbocycles. The van der Waals surface area contributed by atoms with Gasteiger partial charge in [-0.1, -0.05) is 5.16 Å². The van der Waals surface area contributed by atoms with Gasteiger partial charge in [0.1, 0.15) is 0 Å². The number of aromatic nitrogens is 2. The van der Waals surface area contributed by atoms with Crippen LogP contribution in [0.3, 0.4) is 0 Å². The SMILES string of the molecule is NC1CCC(c2nc(C3CC3)no2)C1. The van der Waals surface area contributed by atoms with E-state index in [9.17, 15) is 0 Å². The van der Waals surface area contributed by atoms with Crippen LogP contribution in [-0.4, -0.2) is 16.2 Å². The maximum atomic E-state index is 5.85. The molecule has 3 rings (SSSR count). The van der Waals surface area contributed by atoms with Crippen LogP contribution < -0.4 is 5.73 Å². The highest BCUT2D eigenvalue weighted by Gasteiger charge is 2.32. The van der Waals surface area contributed by atoms with E-state index in [1.54, 1.807) is 0 Å². The fourth-order valence-electron chi connectivity index (χ4n) is 2.16. The van der Waals surface area contributed by atoms with Crippen molar-refractivity contribution in [1.82, 2.24) is 10.1 Å². The lowest BCUT2D eigenvalue weighted by molar-refractivity contribution is 0.349. The van der Waals surface area contributed by atoms with E-state index in [2.05, 4.69) is 10.1 Å². The van der Waals surface area contributed by atoms with Gasteiger partial charge in [-0.3, -0.25) is 0 Å². The normalized spacial score (nSPS) is 32.4. The number of hydrogen-bond donors (Lipinski definition) is 1. The van der Waals surface area contributed by atoms with Gasteiger partial charge in [0, 0.05) is 17.9 Å². The Bertz CT molecular complexity index is 332. The smallest absolute Gasteiger partial charge is 0.229 e. The Morgan fingerprint density at radius 1 is 1.14 bits per heavy atom. The summed E-state index contributed by atoms with van der Waals surface area (Å²) in [6.45, 7) is 0. The maximum Gasteiger partial charge on any atom is 0.229 e. The molecular formula is C10H15N3O. The molecule has 0 bridgehead atoms. The molecule has 76 valence electrons. The molecule has 2 aliphatic rings. The maximum absolute atomic E-state index is 5.85. The van der Waals surface area contributed by atoms with Gasteiger partial charge in [-0.15, -0.1) is 0 Å².